The predicted octanol–water partition coefficient (Wildman–Crippen LogP) is 5.78. The van der Waals surface area contributed by atoms with Crippen molar-refractivity contribution in [3.8, 4) is 5.75 Å². The van der Waals surface area contributed by atoms with Crippen LogP contribution in [0.25, 0.3) is 11.0 Å². The van der Waals surface area contributed by atoms with Crippen LogP contribution in [0.4, 0.5) is 0 Å². The molecule has 1 amide bonds. The number of carbonyl (C=O) groups is 1. The van der Waals surface area contributed by atoms with E-state index < -0.39 is 6.04 Å². The second-order valence-electron chi connectivity index (χ2n) is 10.0. The van der Waals surface area contributed by atoms with Crippen molar-refractivity contribution < 1.29 is 18.7 Å². The molecule has 0 spiro atoms. The molecule has 1 atom stereocenters. The molecule has 8 heteroatoms. The van der Waals surface area contributed by atoms with Crippen LogP contribution in [0.5, 0.6) is 5.75 Å². The van der Waals surface area contributed by atoms with Crippen LogP contribution in [-0.2, 0) is 4.74 Å². The predicted molar refractivity (Wildman–Crippen MR) is 151 cm³/mol. The fourth-order valence-corrected chi connectivity index (χ4v) is 5.69. The zero-order chi connectivity index (χ0) is 26.5. The maximum absolute atomic E-state index is 13.8. The molecule has 2 aromatic carbocycles. The lowest BCUT2D eigenvalue weighted by molar-refractivity contribution is 0.0353. The van der Waals surface area contributed by atoms with Gasteiger partial charge in [0.25, 0.3) is 5.91 Å². The minimum Gasteiger partial charge on any atom is -0.494 e. The van der Waals surface area contributed by atoms with Crippen molar-refractivity contribution in [2.75, 3.05) is 46.0 Å². The number of fused-ring (bicyclic) bond motifs is 2. The SMILES string of the molecule is CCCCCCOc1ccc(C2c3c(oc4ccc(Br)cc4c3=O)C(=O)N2CCCN2CCOCC2)cc1. The first-order valence-electron chi connectivity index (χ1n) is 13.7. The van der Waals surface area contributed by atoms with E-state index in [0.29, 0.717) is 29.7 Å². The first-order valence-corrected chi connectivity index (χ1v) is 14.5. The standard InChI is InChI=1S/C30H35BrN2O5/c1-2-3-4-5-17-37-23-10-7-21(8-11-23)27-26-28(34)24-20-22(31)9-12-25(24)38-29(26)30(35)33(27)14-6-13-32-15-18-36-19-16-32/h7-12,20,27H,2-6,13-19H2,1H3. The Labute approximate surface area is 231 Å². The van der Waals surface area contributed by atoms with Gasteiger partial charge in [-0.3, -0.25) is 14.5 Å². The highest BCUT2D eigenvalue weighted by molar-refractivity contribution is 9.10. The van der Waals surface area contributed by atoms with Gasteiger partial charge in [0.1, 0.15) is 11.3 Å². The van der Waals surface area contributed by atoms with Crippen LogP contribution in [0, 0.1) is 0 Å². The molecule has 1 saturated heterocycles. The largest absolute Gasteiger partial charge is 0.494 e. The van der Waals surface area contributed by atoms with Gasteiger partial charge in [0.15, 0.2) is 5.43 Å². The summed E-state index contributed by atoms with van der Waals surface area (Å²) in [4.78, 5) is 31.6. The Morgan fingerprint density at radius 3 is 2.53 bits per heavy atom. The summed E-state index contributed by atoms with van der Waals surface area (Å²) in [6, 6.07) is 12.6. The van der Waals surface area contributed by atoms with Crippen molar-refractivity contribution in [3.63, 3.8) is 0 Å². The van der Waals surface area contributed by atoms with E-state index >= 15 is 0 Å². The van der Waals surface area contributed by atoms with Crippen molar-refractivity contribution in [1.82, 2.24) is 9.80 Å². The number of benzene rings is 2. The van der Waals surface area contributed by atoms with Gasteiger partial charge in [-0.05, 0) is 48.7 Å². The monoisotopic (exact) mass is 582 g/mol. The van der Waals surface area contributed by atoms with Crippen LogP contribution in [0.2, 0.25) is 0 Å². The van der Waals surface area contributed by atoms with E-state index in [9.17, 15) is 9.59 Å². The van der Waals surface area contributed by atoms with Crippen molar-refractivity contribution in [2.45, 2.75) is 45.1 Å². The first kappa shape index (κ1) is 26.9. The summed E-state index contributed by atoms with van der Waals surface area (Å²) in [5.41, 5.74) is 1.56. The maximum Gasteiger partial charge on any atom is 0.290 e. The summed E-state index contributed by atoms with van der Waals surface area (Å²) in [5, 5.41) is 0.470. The summed E-state index contributed by atoms with van der Waals surface area (Å²) in [5.74, 6) is 0.714. The zero-order valence-electron chi connectivity index (χ0n) is 21.9. The number of unbranched alkanes of at least 4 members (excludes halogenated alkanes) is 3. The molecule has 5 rings (SSSR count). The number of rotatable bonds is 11. The van der Waals surface area contributed by atoms with Crippen LogP contribution in [0.1, 0.15) is 66.8 Å². The molecule has 0 bridgehead atoms. The number of morpholine rings is 1. The van der Waals surface area contributed by atoms with Gasteiger partial charge in [-0.25, -0.2) is 0 Å². The molecule has 1 fully saturated rings. The molecule has 38 heavy (non-hydrogen) atoms. The number of amides is 1. The average molecular weight is 584 g/mol. The van der Waals surface area contributed by atoms with Crippen LogP contribution in [-0.4, -0.2) is 61.7 Å². The van der Waals surface area contributed by atoms with Crippen LogP contribution >= 0.6 is 15.9 Å². The van der Waals surface area contributed by atoms with Gasteiger partial charge in [-0.2, -0.15) is 0 Å². The highest BCUT2D eigenvalue weighted by Gasteiger charge is 2.42. The number of carbonyl (C=O) groups excluding carboxylic acids is 1. The molecule has 202 valence electrons. The Kier molecular flexibility index (Phi) is 8.82. The van der Waals surface area contributed by atoms with Crippen LogP contribution < -0.4 is 10.2 Å². The lowest BCUT2D eigenvalue weighted by atomic mass is 9.98. The Hall–Kier alpha value is -2.68. The van der Waals surface area contributed by atoms with Gasteiger partial charge in [-0.1, -0.05) is 54.2 Å². The van der Waals surface area contributed by atoms with Gasteiger partial charge in [0.05, 0.1) is 36.8 Å². The van der Waals surface area contributed by atoms with Gasteiger partial charge in [0, 0.05) is 30.7 Å². The van der Waals surface area contributed by atoms with Gasteiger partial charge in [-0.15, -0.1) is 0 Å². The molecule has 0 saturated carbocycles. The Morgan fingerprint density at radius 2 is 1.76 bits per heavy atom. The summed E-state index contributed by atoms with van der Waals surface area (Å²) < 4.78 is 18.3. The lowest BCUT2D eigenvalue weighted by Gasteiger charge is -2.29. The molecule has 2 aliphatic rings. The van der Waals surface area contributed by atoms with Crippen molar-refractivity contribution in [3.05, 3.63) is 74.0 Å². The summed E-state index contributed by atoms with van der Waals surface area (Å²) in [6.45, 7) is 7.56. The van der Waals surface area contributed by atoms with E-state index in [4.69, 9.17) is 13.9 Å². The second kappa shape index (κ2) is 12.5. The van der Waals surface area contributed by atoms with E-state index in [1.165, 1.54) is 12.8 Å². The molecule has 1 unspecified atom stereocenters. The third-order valence-electron chi connectivity index (χ3n) is 7.37. The molecule has 0 radical (unpaired) electrons. The van der Waals surface area contributed by atoms with Crippen molar-refractivity contribution >= 4 is 32.8 Å². The van der Waals surface area contributed by atoms with Gasteiger partial charge in [0.2, 0.25) is 5.76 Å². The maximum atomic E-state index is 13.8. The molecule has 3 heterocycles. The summed E-state index contributed by atoms with van der Waals surface area (Å²) >= 11 is 3.46. The molecule has 0 aliphatic carbocycles. The number of hydrogen-bond acceptors (Lipinski definition) is 6. The first-order chi connectivity index (χ1) is 18.6. The van der Waals surface area contributed by atoms with E-state index in [1.54, 1.807) is 17.0 Å². The minimum absolute atomic E-state index is 0.150. The molecule has 1 aromatic heterocycles. The molecule has 3 aromatic rings. The molecule has 2 aliphatic heterocycles. The smallest absolute Gasteiger partial charge is 0.290 e. The summed E-state index contributed by atoms with van der Waals surface area (Å²) in [6.07, 6.45) is 5.40. The van der Waals surface area contributed by atoms with E-state index in [-0.39, 0.29) is 17.1 Å². The zero-order valence-corrected chi connectivity index (χ0v) is 23.5. The minimum atomic E-state index is -0.500. The third-order valence-corrected chi connectivity index (χ3v) is 7.86. The summed E-state index contributed by atoms with van der Waals surface area (Å²) in [7, 11) is 0. The number of hydrogen-bond donors (Lipinski definition) is 0. The fraction of sp³-hybridized carbons (Fsp3) is 0.467. The quantitative estimate of drug-likeness (QED) is 0.267. The number of halogens is 1. The highest BCUT2D eigenvalue weighted by Crippen LogP contribution is 2.39. The lowest BCUT2D eigenvalue weighted by Crippen LogP contribution is -2.38. The van der Waals surface area contributed by atoms with E-state index in [2.05, 4.69) is 27.8 Å². The Balaban J connectivity index is 1.42. The Bertz CT molecular complexity index is 1320. The average Bonchev–Trinajstić information content (AvgIpc) is 3.21. The highest BCUT2D eigenvalue weighted by atomic mass is 79.9. The second-order valence-corrected chi connectivity index (χ2v) is 10.9. The Morgan fingerprint density at radius 1 is 0.974 bits per heavy atom. The van der Waals surface area contributed by atoms with Gasteiger partial charge < -0.3 is 18.8 Å². The molecular formula is C30H35BrN2O5. The third kappa shape index (κ3) is 5.82. The van der Waals surface area contributed by atoms with Crippen LogP contribution in [0.3, 0.4) is 0 Å². The van der Waals surface area contributed by atoms with Crippen molar-refractivity contribution in [2.24, 2.45) is 0 Å². The van der Waals surface area contributed by atoms with Crippen molar-refractivity contribution in [1.29, 1.82) is 0 Å². The van der Waals surface area contributed by atoms with E-state index in [1.807, 2.05) is 30.3 Å². The van der Waals surface area contributed by atoms with E-state index in [0.717, 1.165) is 67.9 Å². The number of ether oxygens (including phenoxy) is 2. The molecular weight excluding hydrogens is 548 g/mol. The topological polar surface area (TPSA) is 72.2 Å². The van der Waals surface area contributed by atoms with Gasteiger partial charge >= 0.3 is 0 Å². The fourth-order valence-electron chi connectivity index (χ4n) is 5.32. The van der Waals surface area contributed by atoms with Crippen LogP contribution in [0.15, 0.2) is 56.1 Å². The number of nitrogens with zero attached hydrogens (tertiary/aromatic N) is 2. The molecule has 7 nitrogen and oxygen atoms in total. The normalized spacial score (nSPS) is 17.8. The molecule has 0 N–H and O–H groups in total.